The summed E-state index contributed by atoms with van der Waals surface area (Å²) in [6.07, 6.45) is -1.05. The molecule has 1 rings (SSSR count). The number of rotatable bonds is 4. The molecule has 0 radical (unpaired) electrons. The van der Waals surface area contributed by atoms with Gasteiger partial charge in [0.25, 0.3) is 10.0 Å². The Hall–Kier alpha value is -0.790. The van der Waals surface area contributed by atoms with E-state index in [1.165, 1.54) is 12.1 Å². The second kappa shape index (κ2) is 6.23. The molecule has 0 saturated heterocycles. The van der Waals surface area contributed by atoms with E-state index in [9.17, 15) is 13.2 Å². The Kier molecular flexibility index (Phi) is 5.23. The summed E-state index contributed by atoms with van der Waals surface area (Å²) in [6, 6.07) is 5.83. The van der Waals surface area contributed by atoms with Crippen LogP contribution in [0.15, 0.2) is 33.6 Å². The zero-order valence-corrected chi connectivity index (χ0v) is 11.7. The van der Waals surface area contributed by atoms with E-state index in [1.54, 1.807) is 16.9 Å². The highest BCUT2D eigenvalue weighted by molar-refractivity contribution is 9.10. The average molecular weight is 343 g/mol. The molecule has 0 fully saturated rings. The van der Waals surface area contributed by atoms with Crippen LogP contribution in [0.4, 0.5) is 4.79 Å². The lowest BCUT2D eigenvalue weighted by Gasteiger charge is -2.06. The van der Waals surface area contributed by atoms with Crippen molar-refractivity contribution in [2.45, 2.75) is 4.90 Å². The van der Waals surface area contributed by atoms with Gasteiger partial charge in [-0.1, -0.05) is 15.9 Å². The van der Waals surface area contributed by atoms with Gasteiger partial charge in [0.2, 0.25) is 0 Å². The van der Waals surface area contributed by atoms with Gasteiger partial charge in [0.1, 0.15) is 6.61 Å². The Morgan fingerprint density at radius 1 is 1.35 bits per heavy atom. The van der Waals surface area contributed by atoms with Gasteiger partial charge in [-0.15, -0.1) is 11.6 Å². The number of nitrogens with one attached hydrogen (secondary N) is 1. The van der Waals surface area contributed by atoms with E-state index >= 15 is 0 Å². The molecule has 0 heterocycles. The largest absolute Gasteiger partial charge is 0.448 e. The molecule has 0 atom stereocenters. The molecule has 0 bridgehead atoms. The summed E-state index contributed by atoms with van der Waals surface area (Å²) >= 11 is 8.47. The summed E-state index contributed by atoms with van der Waals surface area (Å²) in [5, 5.41) is 0. The standard InChI is InChI=1S/C9H9BrClNO4S/c10-7-1-3-8(4-2-7)17(14,15)12-9(13)16-6-5-11/h1-4H,5-6H2,(H,12,13). The molecule has 0 spiro atoms. The van der Waals surface area contributed by atoms with Crippen molar-refractivity contribution in [2.24, 2.45) is 0 Å². The summed E-state index contributed by atoms with van der Waals surface area (Å²) in [7, 11) is -3.90. The van der Waals surface area contributed by atoms with Crippen LogP contribution in [-0.4, -0.2) is 27.0 Å². The number of amides is 1. The summed E-state index contributed by atoms with van der Waals surface area (Å²) in [5.74, 6) is 0.103. The highest BCUT2D eigenvalue weighted by atomic mass is 79.9. The van der Waals surface area contributed by atoms with E-state index in [-0.39, 0.29) is 17.4 Å². The quantitative estimate of drug-likeness (QED) is 0.851. The first-order valence-electron chi connectivity index (χ1n) is 4.47. The maximum atomic E-state index is 11.7. The van der Waals surface area contributed by atoms with Crippen molar-refractivity contribution in [3.63, 3.8) is 0 Å². The molecule has 0 aromatic heterocycles. The molecule has 1 aromatic rings. The van der Waals surface area contributed by atoms with Gasteiger partial charge in [-0.2, -0.15) is 0 Å². The van der Waals surface area contributed by atoms with Crippen LogP contribution in [0.1, 0.15) is 0 Å². The van der Waals surface area contributed by atoms with Crippen LogP contribution in [0.5, 0.6) is 0 Å². The minimum Gasteiger partial charge on any atom is -0.448 e. The van der Waals surface area contributed by atoms with Crippen molar-refractivity contribution in [3.8, 4) is 0 Å². The van der Waals surface area contributed by atoms with Crippen molar-refractivity contribution < 1.29 is 17.9 Å². The van der Waals surface area contributed by atoms with E-state index < -0.39 is 16.1 Å². The lowest BCUT2D eigenvalue weighted by Crippen LogP contribution is -2.31. The van der Waals surface area contributed by atoms with Crippen molar-refractivity contribution in [1.29, 1.82) is 0 Å². The molecule has 1 N–H and O–H groups in total. The maximum absolute atomic E-state index is 11.7. The highest BCUT2D eigenvalue weighted by Crippen LogP contribution is 2.14. The fourth-order valence-corrected chi connectivity index (χ4v) is 2.18. The molecule has 94 valence electrons. The predicted molar refractivity (Wildman–Crippen MR) is 66.5 cm³/mol. The number of ether oxygens (including phenoxy) is 1. The van der Waals surface area contributed by atoms with Crippen LogP contribution in [0.25, 0.3) is 0 Å². The van der Waals surface area contributed by atoms with E-state index in [4.69, 9.17) is 11.6 Å². The molecule has 8 heteroatoms. The first-order chi connectivity index (χ1) is 7.95. The number of carbonyl (C=O) groups is 1. The summed E-state index contributed by atoms with van der Waals surface area (Å²) in [6.45, 7) is -0.0523. The van der Waals surface area contributed by atoms with Gasteiger partial charge >= 0.3 is 6.09 Å². The van der Waals surface area contributed by atoms with E-state index in [0.717, 1.165) is 4.47 Å². The van der Waals surface area contributed by atoms with Gasteiger partial charge in [-0.3, -0.25) is 0 Å². The third kappa shape index (κ3) is 4.53. The topological polar surface area (TPSA) is 72.5 Å². The molecule has 0 aliphatic carbocycles. The third-order valence-electron chi connectivity index (χ3n) is 1.65. The van der Waals surface area contributed by atoms with Crippen LogP contribution in [-0.2, 0) is 14.8 Å². The minimum atomic E-state index is -3.90. The van der Waals surface area contributed by atoms with Gasteiger partial charge in [0, 0.05) is 4.47 Å². The molecular formula is C9H9BrClNO4S. The van der Waals surface area contributed by atoms with E-state index in [1.807, 2.05) is 0 Å². The Labute approximate surface area is 112 Å². The Balaban J connectivity index is 2.75. The molecular weight excluding hydrogens is 334 g/mol. The second-order valence-corrected chi connectivity index (χ2v) is 5.86. The van der Waals surface area contributed by atoms with Crippen molar-refractivity contribution >= 4 is 43.6 Å². The number of benzene rings is 1. The number of alkyl halides is 1. The lowest BCUT2D eigenvalue weighted by atomic mass is 10.4. The molecule has 5 nitrogen and oxygen atoms in total. The maximum Gasteiger partial charge on any atom is 0.421 e. The highest BCUT2D eigenvalue weighted by Gasteiger charge is 2.17. The van der Waals surface area contributed by atoms with Gasteiger partial charge in [0.05, 0.1) is 10.8 Å². The molecule has 0 aliphatic heterocycles. The first-order valence-corrected chi connectivity index (χ1v) is 7.28. The zero-order valence-electron chi connectivity index (χ0n) is 8.52. The van der Waals surface area contributed by atoms with Gasteiger partial charge in [0.15, 0.2) is 0 Å². The summed E-state index contributed by atoms with van der Waals surface area (Å²) in [4.78, 5) is 11.1. The van der Waals surface area contributed by atoms with Crippen LogP contribution >= 0.6 is 27.5 Å². The molecule has 0 saturated carbocycles. The van der Waals surface area contributed by atoms with Gasteiger partial charge in [-0.05, 0) is 24.3 Å². The Morgan fingerprint density at radius 2 is 1.94 bits per heavy atom. The Morgan fingerprint density at radius 3 is 2.47 bits per heavy atom. The number of sulfonamides is 1. The molecule has 1 amide bonds. The van der Waals surface area contributed by atoms with Gasteiger partial charge < -0.3 is 4.74 Å². The zero-order chi connectivity index (χ0) is 12.9. The fourth-order valence-electron chi connectivity index (χ4n) is 0.943. The smallest absolute Gasteiger partial charge is 0.421 e. The van der Waals surface area contributed by atoms with E-state index in [2.05, 4.69) is 20.7 Å². The summed E-state index contributed by atoms with van der Waals surface area (Å²) in [5.41, 5.74) is 0. The van der Waals surface area contributed by atoms with Crippen molar-refractivity contribution in [3.05, 3.63) is 28.7 Å². The number of hydrogen-bond donors (Lipinski definition) is 1. The minimum absolute atomic E-state index is 0.0245. The first kappa shape index (κ1) is 14.3. The van der Waals surface area contributed by atoms with Crippen LogP contribution in [0.2, 0.25) is 0 Å². The molecule has 1 aromatic carbocycles. The lowest BCUT2D eigenvalue weighted by molar-refractivity contribution is 0.159. The normalized spacial score (nSPS) is 10.9. The number of hydrogen-bond acceptors (Lipinski definition) is 4. The molecule has 0 unspecified atom stereocenters. The van der Waals surface area contributed by atoms with E-state index in [0.29, 0.717) is 0 Å². The molecule has 17 heavy (non-hydrogen) atoms. The van der Waals surface area contributed by atoms with Crippen LogP contribution < -0.4 is 4.72 Å². The van der Waals surface area contributed by atoms with Crippen LogP contribution in [0, 0.1) is 0 Å². The van der Waals surface area contributed by atoms with Crippen molar-refractivity contribution in [2.75, 3.05) is 12.5 Å². The number of halogens is 2. The monoisotopic (exact) mass is 341 g/mol. The third-order valence-corrected chi connectivity index (χ3v) is 3.66. The van der Waals surface area contributed by atoms with Crippen LogP contribution in [0.3, 0.4) is 0 Å². The fraction of sp³-hybridized carbons (Fsp3) is 0.222. The SMILES string of the molecule is O=C(NS(=O)(=O)c1ccc(Br)cc1)OCCCl. The average Bonchev–Trinajstić information content (AvgIpc) is 2.26. The summed E-state index contributed by atoms with van der Waals surface area (Å²) < 4.78 is 30.3. The van der Waals surface area contributed by atoms with Gasteiger partial charge in [-0.25, -0.2) is 17.9 Å². The van der Waals surface area contributed by atoms with Crippen molar-refractivity contribution in [1.82, 2.24) is 4.72 Å². The number of carbonyl (C=O) groups excluding carboxylic acids is 1. The Bertz CT molecular complexity index is 488. The molecule has 0 aliphatic rings. The predicted octanol–water partition coefficient (Wildman–Crippen LogP) is 2.10. The second-order valence-electron chi connectivity index (χ2n) is 2.88.